The lowest BCUT2D eigenvalue weighted by molar-refractivity contribution is -0.121. The zero-order valence-corrected chi connectivity index (χ0v) is 14.9. The Morgan fingerprint density at radius 3 is 3.00 bits per heavy atom. The number of para-hydroxylation sites is 2. The highest BCUT2D eigenvalue weighted by Gasteiger charge is 2.08. The number of aromatic nitrogens is 4. The first-order chi connectivity index (χ1) is 12.7. The second-order valence-electron chi connectivity index (χ2n) is 6.12. The van der Waals surface area contributed by atoms with E-state index in [1.54, 1.807) is 6.20 Å². The molecule has 0 aliphatic rings. The molecule has 1 amide bonds. The Morgan fingerprint density at radius 1 is 1.31 bits per heavy atom. The van der Waals surface area contributed by atoms with E-state index in [0.29, 0.717) is 24.2 Å². The Balaban J connectivity index is 1.45. The van der Waals surface area contributed by atoms with Crippen molar-refractivity contribution in [3.63, 3.8) is 0 Å². The monoisotopic (exact) mass is 353 g/mol. The van der Waals surface area contributed by atoms with Crippen LogP contribution >= 0.6 is 0 Å². The van der Waals surface area contributed by atoms with Crippen molar-refractivity contribution >= 4 is 16.9 Å². The first-order valence-electron chi connectivity index (χ1n) is 8.92. The van der Waals surface area contributed by atoms with E-state index in [9.17, 15) is 9.59 Å². The van der Waals surface area contributed by atoms with Crippen molar-refractivity contribution in [1.29, 1.82) is 0 Å². The van der Waals surface area contributed by atoms with Crippen molar-refractivity contribution in [3.05, 3.63) is 58.5 Å². The molecule has 0 spiro atoms. The molecule has 26 heavy (non-hydrogen) atoms. The number of hydrogen-bond acceptors (Lipinski definition) is 4. The third-order valence-corrected chi connectivity index (χ3v) is 4.27. The number of benzene rings is 1. The number of nitrogens with one attached hydrogen (secondary N) is 2. The molecule has 0 bridgehead atoms. The van der Waals surface area contributed by atoms with E-state index >= 15 is 0 Å². The van der Waals surface area contributed by atoms with Gasteiger partial charge in [0.25, 0.3) is 5.56 Å². The second-order valence-corrected chi connectivity index (χ2v) is 6.12. The van der Waals surface area contributed by atoms with Crippen molar-refractivity contribution in [1.82, 2.24) is 24.8 Å². The Labute approximate surface area is 151 Å². The summed E-state index contributed by atoms with van der Waals surface area (Å²) in [5.41, 5.74) is 1.60. The van der Waals surface area contributed by atoms with Crippen molar-refractivity contribution in [2.75, 3.05) is 6.54 Å². The maximum absolute atomic E-state index is 12.0. The van der Waals surface area contributed by atoms with E-state index in [0.717, 1.165) is 30.7 Å². The minimum Gasteiger partial charge on any atom is -0.356 e. The molecule has 7 nitrogen and oxygen atoms in total. The Hall–Kier alpha value is -2.96. The van der Waals surface area contributed by atoms with E-state index in [2.05, 4.69) is 31.8 Å². The molecule has 0 saturated carbocycles. The van der Waals surface area contributed by atoms with Crippen LogP contribution in [0.15, 0.2) is 41.5 Å². The molecule has 0 fully saturated rings. The number of carbonyl (C=O) groups excluding carboxylic acids is 1. The van der Waals surface area contributed by atoms with Gasteiger partial charge in [0, 0.05) is 44.7 Å². The van der Waals surface area contributed by atoms with Gasteiger partial charge in [0.05, 0.1) is 11.0 Å². The second kappa shape index (κ2) is 8.42. The van der Waals surface area contributed by atoms with Crippen molar-refractivity contribution in [2.24, 2.45) is 0 Å². The Bertz CT molecular complexity index is 944. The van der Waals surface area contributed by atoms with Crippen molar-refractivity contribution in [3.8, 4) is 0 Å². The summed E-state index contributed by atoms with van der Waals surface area (Å²) in [6.07, 6.45) is 6.06. The number of imidazole rings is 1. The van der Waals surface area contributed by atoms with Crippen LogP contribution in [0.3, 0.4) is 0 Å². The van der Waals surface area contributed by atoms with Gasteiger partial charge in [0.2, 0.25) is 5.91 Å². The lowest BCUT2D eigenvalue weighted by atomic mass is 10.2. The zero-order valence-electron chi connectivity index (χ0n) is 14.9. The first kappa shape index (κ1) is 17.8. The van der Waals surface area contributed by atoms with Gasteiger partial charge in [-0.05, 0) is 18.6 Å². The average Bonchev–Trinajstić information content (AvgIpc) is 3.11. The predicted molar refractivity (Wildman–Crippen MR) is 99.9 cm³/mol. The number of aromatic amines is 1. The third kappa shape index (κ3) is 4.36. The fourth-order valence-electron chi connectivity index (χ4n) is 2.89. The summed E-state index contributed by atoms with van der Waals surface area (Å²) in [6.45, 7) is 3.50. The molecule has 0 atom stereocenters. The Morgan fingerprint density at radius 2 is 2.15 bits per heavy atom. The highest BCUT2D eigenvalue weighted by Crippen LogP contribution is 2.07. The van der Waals surface area contributed by atoms with Crippen LogP contribution in [0.2, 0.25) is 0 Å². The molecule has 2 aromatic heterocycles. The van der Waals surface area contributed by atoms with Crippen LogP contribution in [0.4, 0.5) is 0 Å². The molecule has 0 unspecified atom stereocenters. The lowest BCUT2D eigenvalue weighted by Crippen LogP contribution is -2.26. The number of amides is 1. The molecule has 3 rings (SSSR count). The van der Waals surface area contributed by atoms with Crippen LogP contribution in [0.25, 0.3) is 11.0 Å². The first-order valence-corrected chi connectivity index (χ1v) is 8.92. The summed E-state index contributed by atoms with van der Waals surface area (Å²) in [5.74, 6) is 0.985. The van der Waals surface area contributed by atoms with Gasteiger partial charge < -0.3 is 14.9 Å². The molecule has 0 aliphatic carbocycles. The smallest absolute Gasteiger partial charge is 0.270 e. The normalized spacial score (nSPS) is 11.0. The summed E-state index contributed by atoms with van der Waals surface area (Å²) in [6, 6.07) is 7.37. The number of hydrogen-bond donors (Lipinski definition) is 2. The minimum atomic E-state index is -0.233. The number of rotatable bonds is 8. The van der Waals surface area contributed by atoms with Gasteiger partial charge in [-0.25, -0.2) is 9.97 Å². The molecule has 1 aromatic carbocycles. The van der Waals surface area contributed by atoms with Gasteiger partial charge >= 0.3 is 0 Å². The van der Waals surface area contributed by atoms with E-state index in [1.165, 1.54) is 0 Å². The van der Waals surface area contributed by atoms with E-state index in [-0.39, 0.29) is 17.9 Å². The van der Waals surface area contributed by atoms with E-state index in [1.807, 2.05) is 30.5 Å². The fourth-order valence-corrected chi connectivity index (χ4v) is 2.89. The maximum atomic E-state index is 12.0. The van der Waals surface area contributed by atoms with Gasteiger partial charge in [-0.2, -0.15) is 0 Å². The molecule has 2 N–H and O–H groups in total. The van der Waals surface area contributed by atoms with Crippen LogP contribution in [-0.4, -0.2) is 32.0 Å². The van der Waals surface area contributed by atoms with Gasteiger partial charge in [-0.3, -0.25) is 9.59 Å². The topological polar surface area (TPSA) is 92.7 Å². The number of fused-ring (bicyclic) bond motifs is 1. The quantitative estimate of drug-likeness (QED) is 0.604. The molecule has 0 saturated heterocycles. The van der Waals surface area contributed by atoms with Gasteiger partial charge in [0.15, 0.2) is 0 Å². The lowest BCUT2D eigenvalue weighted by Gasteiger charge is -2.08. The standard InChI is InChI=1S/C19H23N5O2/c1-2-17-20-11-13-24(17)12-5-10-21-18(25)9-8-16-19(26)23-15-7-4-3-6-14(15)22-16/h3-4,6-7,11,13H,2,5,8-10,12H2,1H3,(H,21,25)(H,23,26). The number of aryl methyl sites for hydroxylation is 3. The molecule has 0 radical (unpaired) electrons. The molecule has 2 heterocycles. The third-order valence-electron chi connectivity index (χ3n) is 4.27. The summed E-state index contributed by atoms with van der Waals surface area (Å²) in [7, 11) is 0. The van der Waals surface area contributed by atoms with Crippen molar-refractivity contribution < 1.29 is 4.79 Å². The van der Waals surface area contributed by atoms with E-state index in [4.69, 9.17) is 0 Å². The molecule has 0 aliphatic heterocycles. The van der Waals surface area contributed by atoms with Crippen LogP contribution in [0.5, 0.6) is 0 Å². The summed E-state index contributed by atoms with van der Waals surface area (Å²) < 4.78 is 2.10. The molecule has 7 heteroatoms. The van der Waals surface area contributed by atoms with E-state index < -0.39 is 0 Å². The number of carbonyl (C=O) groups is 1. The number of nitrogens with zero attached hydrogens (tertiary/aromatic N) is 3. The van der Waals surface area contributed by atoms with Crippen LogP contribution in [-0.2, 0) is 24.2 Å². The largest absolute Gasteiger partial charge is 0.356 e. The molecule has 3 aromatic rings. The van der Waals surface area contributed by atoms with Crippen molar-refractivity contribution in [2.45, 2.75) is 39.2 Å². The summed E-state index contributed by atoms with van der Waals surface area (Å²) >= 11 is 0. The zero-order chi connectivity index (χ0) is 18.4. The SMILES string of the molecule is CCc1nccn1CCCNC(=O)CCc1nc2ccccc2[nH]c1=O. The molecular formula is C19H23N5O2. The Kier molecular flexibility index (Phi) is 5.78. The van der Waals surface area contributed by atoms with Gasteiger partial charge in [-0.1, -0.05) is 19.1 Å². The van der Waals surface area contributed by atoms with Crippen LogP contribution < -0.4 is 10.9 Å². The highest BCUT2D eigenvalue weighted by atomic mass is 16.1. The average molecular weight is 353 g/mol. The van der Waals surface area contributed by atoms with Crippen LogP contribution in [0, 0.1) is 0 Å². The van der Waals surface area contributed by atoms with Crippen LogP contribution in [0.1, 0.15) is 31.3 Å². The maximum Gasteiger partial charge on any atom is 0.270 e. The fraction of sp³-hybridized carbons (Fsp3) is 0.368. The molecule has 136 valence electrons. The molecular weight excluding hydrogens is 330 g/mol. The predicted octanol–water partition coefficient (Wildman–Crippen LogP) is 1.82. The van der Waals surface area contributed by atoms with Gasteiger partial charge in [-0.15, -0.1) is 0 Å². The minimum absolute atomic E-state index is 0.0688. The van der Waals surface area contributed by atoms with Gasteiger partial charge in [0.1, 0.15) is 11.5 Å². The summed E-state index contributed by atoms with van der Waals surface area (Å²) in [4.78, 5) is 35.5. The summed E-state index contributed by atoms with van der Waals surface area (Å²) in [5, 5.41) is 2.90. The number of H-pyrrole nitrogens is 1. The highest BCUT2D eigenvalue weighted by molar-refractivity contribution is 5.76.